The maximum absolute atomic E-state index is 10.4. The van der Waals surface area contributed by atoms with Gasteiger partial charge in [-0.15, -0.1) is 11.3 Å². The zero-order valence-electron chi connectivity index (χ0n) is 46.8. The summed E-state index contributed by atoms with van der Waals surface area (Å²) >= 11 is 1.82. The van der Waals surface area contributed by atoms with E-state index in [9.17, 15) is 4.79 Å². The van der Waals surface area contributed by atoms with E-state index in [4.69, 9.17) is 32.2 Å². The summed E-state index contributed by atoms with van der Waals surface area (Å²) in [6, 6.07) is 25.8. The molecule has 9 atom stereocenters. The Kier molecular flexibility index (Phi) is 22.6. The molecule has 0 spiro atoms. The van der Waals surface area contributed by atoms with Gasteiger partial charge in [-0.25, -0.2) is 0 Å². The average Bonchev–Trinajstić information content (AvgIpc) is 4.17. The first-order chi connectivity index (χ1) is 33.9. The summed E-state index contributed by atoms with van der Waals surface area (Å²) in [6.45, 7) is 29.9. The Hall–Kier alpha value is -3.02. The lowest BCUT2D eigenvalue weighted by Crippen LogP contribution is -2.43. The summed E-state index contributed by atoms with van der Waals surface area (Å²) in [4.78, 5) is 11.8. The van der Waals surface area contributed by atoms with E-state index in [1.807, 2.05) is 17.4 Å². The van der Waals surface area contributed by atoms with E-state index < -0.39 is 25.0 Å². The van der Waals surface area contributed by atoms with Crippen molar-refractivity contribution in [3.63, 3.8) is 0 Å². The van der Waals surface area contributed by atoms with Gasteiger partial charge in [-0.2, -0.15) is 0 Å². The lowest BCUT2D eigenvalue weighted by atomic mass is 9.90. The SMILES string of the molecule is CC(C)(C)[Si](C)(C)O[C@H](/C=C/Cc1cccs1)CCc1ccccc1.COC1C[C@@H]2C=C(C=O)C[C@@H]2O1.COC1C[C@H]2[C@H](CC(=CO[Si](C)(C)C)[C@@H]2/C=C/[C@H](CCc2ccccc2)O[Si](C)(C)C(C)(C)C)O1. The Morgan fingerprint density at radius 2 is 1.24 bits per heavy atom. The second-order valence-corrected chi connectivity index (χ2v) is 39.2. The molecule has 0 bridgehead atoms. The summed E-state index contributed by atoms with van der Waals surface area (Å²) in [5.74, 6) is 1.13. The van der Waals surface area contributed by atoms with Crippen LogP contribution in [0.3, 0.4) is 0 Å². The third-order valence-corrected chi connectivity index (χ3v) is 26.1. The molecule has 3 aromatic rings. The first-order valence-corrected chi connectivity index (χ1v) is 36.7. The fraction of sp³-hybridized carbons (Fsp3) is 0.583. The maximum atomic E-state index is 10.4. The highest BCUT2D eigenvalue weighted by atomic mass is 32.1. The van der Waals surface area contributed by atoms with Gasteiger partial charge in [0.1, 0.15) is 6.29 Å². The molecular formula is C60H92O8SSi3. The van der Waals surface area contributed by atoms with Crippen LogP contribution in [0.25, 0.3) is 0 Å². The molecule has 398 valence electrons. The number of hydrogen-bond acceptors (Lipinski definition) is 9. The highest BCUT2D eigenvalue weighted by molar-refractivity contribution is 7.09. The van der Waals surface area contributed by atoms with E-state index in [0.29, 0.717) is 17.8 Å². The summed E-state index contributed by atoms with van der Waals surface area (Å²) in [5.41, 5.74) is 4.97. The average molecular weight is 1060 g/mol. The van der Waals surface area contributed by atoms with Crippen LogP contribution < -0.4 is 0 Å². The van der Waals surface area contributed by atoms with Gasteiger partial charge < -0.3 is 32.2 Å². The Labute approximate surface area is 443 Å². The number of aryl methyl sites for hydroxylation is 2. The quantitative estimate of drug-likeness (QED) is 0.0479. The largest absolute Gasteiger partial charge is 0.550 e. The fourth-order valence-electron chi connectivity index (χ4n) is 9.07. The molecule has 1 aromatic heterocycles. The molecule has 4 aliphatic rings. The Morgan fingerprint density at radius 1 is 0.694 bits per heavy atom. The predicted octanol–water partition coefficient (Wildman–Crippen LogP) is 15.5. The third kappa shape index (κ3) is 18.7. The van der Waals surface area contributed by atoms with E-state index >= 15 is 0 Å². The predicted molar refractivity (Wildman–Crippen MR) is 307 cm³/mol. The number of fused-ring (bicyclic) bond motifs is 2. The Morgan fingerprint density at radius 3 is 1.72 bits per heavy atom. The molecule has 0 radical (unpaired) electrons. The molecule has 2 aliphatic heterocycles. The molecule has 1 saturated carbocycles. The van der Waals surface area contributed by atoms with Crippen LogP contribution in [0.1, 0.15) is 96.1 Å². The number of rotatable bonds is 20. The van der Waals surface area contributed by atoms with E-state index in [1.165, 1.54) is 21.6 Å². The molecule has 7 rings (SSSR count). The number of benzene rings is 2. The molecule has 2 saturated heterocycles. The van der Waals surface area contributed by atoms with Crippen LogP contribution in [0.5, 0.6) is 0 Å². The highest BCUT2D eigenvalue weighted by Gasteiger charge is 2.47. The van der Waals surface area contributed by atoms with Gasteiger partial charge in [0.05, 0.1) is 30.7 Å². The van der Waals surface area contributed by atoms with Crippen molar-refractivity contribution in [1.82, 2.24) is 0 Å². The molecule has 12 heteroatoms. The molecule has 3 heterocycles. The number of allylic oxidation sites excluding steroid dienone is 2. The van der Waals surface area contributed by atoms with Crippen LogP contribution in [0.15, 0.2) is 126 Å². The van der Waals surface area contributed by atoms with Crippen molar-refractivity contribution in [2.75, 3.05) is 14.2 Å². The van der Waals surface area contributed by atoms with Crippen molar-refractivity contribution in [3.05, 3.63) is 142 Å². The first-order valence-electron chi connectivity index (χ1n) is 26.6. The summed E-state index contributed by atoms with van der Waals surface area (Å²) in [7, 11) is -1.93. The molecular weight excluding hydrogens is 965 g/mol. The molecule has 2 unspecified atom stereocenters. The standard InChI is InChI=1S/C29H48O4Si2.C22H32OSSi.C9H12O3/c1-29(2,3)35(8,9)33-24(16-15-22-13-11-10-12-14-22)17-18-25-23(21-31-34(5,6)7)19-27-26(25)20-28(30-4)32-27;1-22(2,3)25(4,5)23-20(13-9-14-21-15-10-18-24-21)17-16-19-11-7-6-8-12-19;1-11-9-4-7-2-6(5-10)3-8(7)12-9/h10-14,17-18,21,24-28H,15-16,19-20H2,1-9H3;6-13,15,18,20H,14,16-17H2,1-5H3;2,5,7-9H,3-4H2,1H3/b18-17+,23-21?;13-9+;/t24-,25-,26+,27-,28?;20-;7-,8-,9?/m010/s1. The Bertz CT molecular complexity index is 2190. The van der Waals surface area contributed by atoms with Crippen molar-refractivity contribution in [2.45, 2.75) is 192 Å². The number of thiophene rings is 1. The van der Waals surface area contributed by atoms with Crippen molar-refractivity contribution >= 4 is 42.6 Å². The van der Waals surface area contributed by atoms with Crippen LogP contribution in [0.4, 0.5) is 0 Å². The van der Waals surface area contributed by atoms with Crippen LogP contribution >= 0.6 is 11.3 Å². The Balaban J connectivity index is 0.000000224. The minimum Gasteiger partial charge on any atom is -0.550 e. The smallest absolute Gasteiger partial charge is 0.241 e. The summed E-state index contributed by atoms with van der Waals surface area (Å²) in [5, 5.41) is 2.55. The van der Waals surface area contributed by atoms with Gasteiger partial charge in [-0.3, -0.25) is 4.79 Å². The zero-order valence-corrected chi connectivity index (χ0v) is 50.6. The summed E-state index contributed by atoms with van der Waals surface area (Å²) in [6.07, 6.45) is 23.4. The van der Waals surface area contributed by atoms with Crippen molar-refractivity contribution in [1.29, 1.82) is 0 Å². The minimum absolute atomic E-state index is 0.0653. The van der Waals surface area contributed by atoms with Crippen molar-refractivity contribution in [3.8, 4) is 0 Å². The van der Waals surface area contributed by atoms with Crippen LogP contribution in [-0.2, 0) is 56.3 Å². The number of aldehydes is 1. The topological polar surface area (TPSA) is 81.7 Å². The van der Waals surface area contributed by atoms with Crippen molar-refractivity contribution in [2.24, 2.45) is 17.8 Å². The number of methoxy groups -OCH3 is 2. The number of hydrogen-bond donors (Lipinski definition) is 0. The molecule has 0 N–H and O–H groups in total. The van der Waals surface area contributed by atoms with Crippen molar-refractivity contribution < 1.29 is 37.0 Å². The molecule has 72 heavy (non-hydrogen) atoms. The van der Waals surface area contributed by atoms with E-state index in [2.05, 4.69) is 196 Å². The molecule has 3 fully saturated rings. The molecule has 2 aliphatic carbocycles. The van der Waals surface area contributed by atoms with Gasteiger partial charge in [0.15, 0.2) is 29.2 Å². The van der Waals surface area contributed by atoms with E-state index in [0.717, 1.165) is 69.6 Å². The van der Waals surface area contributed by atoms with Crippen LogP contribution in [-0.4, -0.2) is 82.5 Å². The number of carbonyl (C=O) groups is 1. The second kappa shape index (κ2) is 27.2. The van der Waals surface area contributed by atoms with Gasteiger partial charge >= 0.3 is 0 Å². The zero-order chi connectivity index (χ0) is 52.7. The highest BCUT2D eigenvalue weighted by Crippen LogP contribution is 2.48. The van der Waals surface area contributed by atoms with Gasteiger partial charge in [0.25, 0.3) is 0 Å². The van der Waals surface area contributed by atoms with Gasteiger partial charge in [0.2, 0.25) is 8.32 Å². The van der Waals surface area contributed by atoms with Gasteiger partial charge in [-0.05, 0) is 128 Å². The lowest BCUT2D eigenvalue weighted by Gasteiger charge is -2.38. The van der Waals surface area contributed by atoms with Gasteiger partial charge in [0, 0.05) is 56.1 Å². The second-order valence-electron chi connectivity index (χ2n) is 24.2. The molecule has 2 aromatic carbocycles. The minimum atomic E-state index is -1.91. The maximum Gasteiger partial charge on any atom is 0.241 e. The van der Waals surface area contributed by atoms with Crippen LogP contribution in [0.2, 0.25) is 55.9 Å². The molecule has 0 amide bonds. The van der Waals surface area contributed by atoms with Gasteiger partial charge in [-0.1, -0.05) is 139 Å². The fourth-order valence-corrected chi connectivity index (χ4v) is 12.9. The third-order valence-electron chi connectivity index (χ3n) is 15.4. The number of ether oxygens (including phenoxy) is 4. The summed E-state index contributed by atoms with van der Waals surface area (Å²) < 4.78 is 42.2. The molecule has 8 nitrogen and oxygen atoms in total. The number of carbonyl (C=O) groups excluding carboxylic acids is 1. The normalized spacial score (nSPS) is 24.8. The van der Waals surface area contributed by atoms with E-state index in [1.54, 1.807) is 14.2 Å². The van der Waals surface area contributed by atoms with Crippen LogP contribution in [0, 0.1) is 17.8 Å². The lowest BCUT2D eigenvalue weighted by molar-refractivity contribution is -0.115. The first kappa shape index (κ1) is 59.9. The monoisotopic (exact) mass is 1060 g/mol. The van der Waals surface area contributed by atoms with E-state index in [-0.39, 0.29) is 47.1 Å².